The van der Waals surface area contributed by atoms with E-state index in [4.69, 9.17) is 3.90 Å². The first-order chi connectivity index (χ1) is 1.00. The maximum atomic E-state index is 7.88. The molecule has 0 aliphatic rings. The summed E-state index contributed by atoms with van der Waals surface area (Å²) < 4.78 is 7.88. The third-order valence-electron chi connectivity index (χ3n) is 0. The van der Waals surface area contributed by atoms with Crippen LogP contribution in [0.2, 0.25) is 0 Å². The Balaban J connectivity index is -0.000000000179. The first-order valence-corrected chi connectivity index (χ1v) is 0.532. The van der Waals surface area contributed by atoms with Crippen molar-refractivity contribution in [3.8, 4) is 0 Å². The van der Waals surface area contributed by atoms with E-state index in [2.05, 4.69) is 15.4 Å². The summed E-state index contributed by atoms with van der Waals surface area (Å²) >= 11 is 2.62. The van der Waals surface area contributed by atoms with E-state index in [9.17, 15) is 0 Å². The van der Waals surface area contributed by atoms with Crippen LogP contribution < -0.4 is 0 Å². The molecule has 8 heteroatoms. The summed E-state index contributed by atoms with van der Waals surface area (Å²) in [4.78, 5) is 0. The van der Waals surface area contributed by atoms with E-state index in [-0.39, 0.29) is 152 Å². The average Bonchev–Trinajstić information content (AvgIpc) is 1.00. The van der Waals surface area contributed by atoms with Gasteiger partial charge in [-0.15, -0.1) is 0 Å². The second-order valence-electron chi connectivity index (χ2n) is 0. The van der Waals surface area contributed by atoms with Gasteiger partial charge in [0.25, 0.3) is 0 Å². The van der Waals surface area contributed by atoms with Gasteiger partial charge in [-0.1, -0.05) is 0 Å². The van der Waals surface area contributed by atoms with E-state index < -0.39 is 0 Å². The molecule has 47 valence electrons. The maximum absolute atomic E-state index is 7.88. The van der Waals surface area contributed by atoms with Crippen molar-refractivity contribution in [1.82, 2.24) is 0 Å². The van der Waals surface area contributed by atoms with Crippen molar-refractivity contribution in [2.24, 2.45) is 0 Å². The van der Waals surface area contributed by atoms with E-state index in [0.717, 1.165) is 0 Å². The van der Waals surface area contributed by atoms with Gasteiger partial charge < -0.3 is 8.33 Å². The monoisotopic (exact) mass is 497 g/mol. The molecule has 2 N–H and O–H groups in total. The summed E-state index contributed by atoms with van der Waals surface area (Å²) in [6, 6.07) is 0. The fourth-order valence-corrected chi connectivity index (χ4v) is 0. The molecule has 0 amide bonds. The van der Waals surface area contributed by atoms with Crippen molar-refractivity contribution < 1.29 is 116 Å². The van der Waals surface area contributed by atoms with Gasteiger partial charge in [0.05, 0.1) is 0 Å². The van der Waals surface area contributed by atoms with Crippen molar-refractivity contribution in [1.29, 1.82) is 0 Å². The van der Waals surface area contributed by atoms with Gasteiger partial charge in [0.1, 0.15) is 0 Å². The van der Waals surface area contributed by atoms with E-state index in [0.29, 0.717) is 0 Å². The molecule has 0 bridgehead atoms. The Morgan fingerprint density at radius 3 is 1.12 bits per heavy atom. The van der Waals surface area contributed by atoms with E-state index >= 15 is 0 Å². The molecule has 0 aromatic rings. The first kappa shape index (κ1) is 52.2. The zero-order chi connectivity index (χ0) is 2.00. The van der Waals surface area contributed by atoms with Crippen LogP contribution in [0.1, 0.15) is 2.85 Å². The molecule has 0 aromatic carbocycles. The Bertz CT molecular complexity index is 27.2. The van der Waals surface area contributed by atoms with Crippen LogP contribution in [0.25, 0.3) is 0 Å². The molecular formula is H7AlCaLa2MnNiO2. The van der Waals surface area contributed by atoms with E-state index in [1.807, 2.05) is 0 Å². The molecule has 0 heterocycles. The third-order valence-corrected chi connectivity index (χ3v) is 0. The third kappa shape index (κ3) is 44.2. The van der Waals surface area contributed by atoms with Crippen LogP contribution in [0.3, 0.4) is 0 Å². The first-order valence-electron chi connectivity index (χ1n) is 0.129. The normalized spacial score (nSPS) is 0.750. The second-order valence-corrected chi connectivity index (χ2v) is 0. The van der Waals surface area contributed by atoms with Crippen molar-refractivity contribution in [2.75, 3.05) is 0 Å². The molecule has 0 fully saturated rings. The summed E-state index contributed by atoms with van der Waals surface area (Å²) in [6.45, 7) is 0. The average molecular weight is 498 g/mol. The molecule has 0 unspecified atom stereocenters. The summed E-state index contributed by atoms with van der Waals surface area (Å²) in [7, 11) is 0. The van der Waals surface area contributed by atoms with Crippen molar-refractivity contribution >= 4 is 55.1 Å². The summed E-state index contributed by atoms with van der Waals surface area (Å²) in [5.74, 6) is 0. The summed E-state index contributed by atoms with van der Waals surface area (Å²) in [5.41, 5.74) is 0. The van der Waals surface area contributed by atoms with Gasteiger partial charge in [-0.3, -0.25) is 0 Å². The van der Waals surface area contributed by atoms with Crippen LogP contribution in [0, 0.1) is 71.2 Å². The molecular weight excluding hydrogens is 491 g/mol. The van der Waals surface area contributed by atoms with Gasteiger partial charge >= 0.3 is 57.0 Å². The molecule has 2 nitrogen and oxygen atoms in total. The molecule has 3 radical (unpaired) electrons. The second kappa shape index (κ2) is 58.4. The zero-order valence-corrected chi connectivity index (χ0v) is 15.1. The quantitative estimate of drug-likeness (QED) is 0.348. The van der Waals surface area contributed by atoms with Crippen LogP contribution in [0.4, 0.5) is 0 Å². The Morgan fingerprint density at radius 2 is 1.12 bits per heavy atom. The minimum absolute atomic E-state index is 0. The Morgan fingerprint density at radius 1 is 1.12 bits per heavy atom. The molecule has 0 atom stereocenters. The molecule has 0 aliphatic carbocycles. The van der Waals surface area contributed by atoms with Crippen LogP contribution in [0.5, 0.6) is 0 Å². The van der Waals surface area contributed by atoms with Crippen LogP contribution in [-0.2, 0) is 36.4 Å². The molecule has 0 aliphatic heterocycles. The van der Waals surface area contributed by atoms with Gasteiger partial charge in [0.15, 0.2) is 17.4 Å². The predicted octanol–water partition coefficient (Wildman–Crippen LogP) is -2.29. The fourth-order valence-electron chi connectivity index (χ4n) is 0. The topological polar surface area (TPSA) is 48.6 Å². The van der Waals surface area contributed by atoms with Crippen LogP contribution >= 0.6 is 0 Å². The van der Waals surface area contributed by atoms with Gasteiger partial charge in [-0.2, -0.15) is 0 Å². The molecule has 8 heavy (non-hydrogen) atoms. The SMILES string of the molecule is O.[AlH3].[Ca+2].[H-].[H-].[La].[La].[Mn].[O]=[Ni]. The van der Waals surface area contributed by atoms with Gasteiger partial charge in [-0.25, -0.2) is 0 Å². The number of hydrogen-bond donors (Lipinski definition) is 0. The van der Waals surface area contributed by atoms with E-state index in [1.54, 1.807) is 0 Å². The summed E-state index contributed by atoms with van der Waals surface area (Å²) in [5, 5.41) is 0. The standard InChI is InChI=1S/Al.Ca.2La.Mn.Ni.H2O.O.5H/h;;;;;;1H2;;;;;;/q;+2;;;;;;;;;;2*-1. The summed E-state index contributed by atoms with van der Waals surface area (Å²) in [6.07, 6.45) is 0. The molecule has 0 rings (SSSR count). The predicted molar refractivity (Wildman–Crippen MR) is 22.2 cm³/mol. The van der Waals surface area contributed by atoms with Gasteiger partial charge in [0.2, 0.25) is 0 Å². The Labute approximate surface area is 166 Å². The van der Waals surface area contributed by atoms with Crippen LogP contribution in [-0.4, -0.2) is 60.6 Å². The van der Waals surface area contributed by atoms with Crippen LogP contribution in [0.15, 0.2) is 0 Å². The van der Waals surface area contributed by atoms with Crippen molar-refractivity contribution in [2.45, 2.75) is 0 Å². The Kier molecular flexibility index (Phi) is 381. The molecule has 0 spiro atoms. The fraction of sp³-hybridized carbons (Fsp3) is 0. The van der Waals surface area contributed by atoms with Gasteiger partial charge in [0, 0.05) is 88.3 Å². The molecule has 0 saturated carbocycles. The number of hydrogen-bond acceptors (Lipinski definition) is 1. The zero-order valence-electron chi connectivity index (χ0n) is 5.46. The molecule has 0 saturated heterocycles. The molecule has 0 aromatic heterocycles. The van der Waals surface area contributed by atoms with Gasteiger partial charge in [-0.05, 0) is 0 Å². The Hall–Kier alpha value is 4.95. The number of rotatable bonds is 0. The van der Waals surface area contributed by atoms with Crippen molar-refractivity contribution in [3.63, 3.8) is 0 Å². The van der Waals surface area contributed by atoms with Crippen molar-refractivity contribution in [3.05, 3.63) is 0 Å². The minimum atomic E-state index is 0. The van der Waals surface area contributed by atoms with E-state index in [1.165, 1.54) is 0 Å².